The van der Waals surface area contributed by atoms with Crippen LogP contribution in [0.5, 0.6) is 11.5 Å². The fraction of sp³-hybridized carbons (Fsp3) is 0.350. The highest BCUT2D eigenvalue weighted by molar-refractivity contribution is 6.06. The first kappa shape index (κ1) is 18.8. The van der Waals surface area contributed by atoms with Gasteiger partial charge in [0.25, 0.3) is 0 Å². The van der Waals surface area contributed by atoms with Crippen LogP contribution in [0, 0.1) is 0 Å². The predicted octanol–water partition coefficient (Wildman–Crippen LogP) is 5.31. The van der Waals surface area contributed by atoms with Gasteiger partial charge in [0.15, 0.2) is 5.78 Å². The summed E-state index contributed by atoms with van der Waals surface area (Å²) in [6, 6.07) is 3.93. The number of phenols is 2. The first-order valence-corrected chi connectivity index (χ1v) is 7.92. The Bertz CT molecular complexity index is 618. The second-order valence-electron chi connectivity index (χ2n) is 5.92. The number of unbranched alkanes of at least 4 members (excludes halogenated alkanes) is 1. The van der Waals surface area contributed by atoms with Crippen molar-refractivity contribution in [3.8, 4) is 11.5 Å². The highest BCUT2D eigenvalue weighted by atomic mass is 16.3. The summed E-state index contributed by atoms with van der Waals surface area (Å²) in [5.74, 6) is -0.454. The number of allylic oxidation sites excluding steroid dienone is 6. The van der Waals surface area contributed by atoms with Gasteiger partial charge in [0.1, 0.15) is 11.5 Å². The molecule has 1 aromatic carbocycles. The van der Waals surface area contributed by atoms with Gasteiger partial charge in [-0.25, -0.2) is 0 Å². The Morgan fingerprint density at radius 2 is 1.78 bits per heavy atom. The van der Waals surface area contributed by atoms with E-state index >= 15 is 0 Å². The van der Waals surface area contributed by atoms with Crippen molar-refractivity contribution >= 4 is 5.78 Å². The minimum absolute atomic E-state index is 0.0329. The number of hydrogen-bond donors (Lipinski definition) is 2. The lowest BCUT2D eigenvalue weighted by atomic mass is 10.1. The fourth-order valence-corrected chi connectivity index (χ4v) is 2.12. The Kier molecular flexibility index (Phi) is 7.89. The lowest BCUT2D eigenvalue weighted by Gasteiger charge is -2.01. The number of aromatic hydroxyl groups is 2. The molecule has 0 bridgehead atoms. The van der Waals surface area contributed by atoms with E-state index in [-0.39, 0.29) is 22.8 Å². The van der Waals surface area contributed by atoms with Gasteiger partial charge in [0.05, 0.1) is 5.56 Å². The second-order valence-corrected chi connectivity index (χ2v) is 5.92. The van der Waals surface area contributed by atoms with Crippen LogP contribution in [0.3, 0.4) is 0 Å². The van der Waals surface area contributed by atoms with Crippen molar-refractivity contribution in [1.29, 1.82) is 0 Å². The minimum Gasteiger partial charge on any atom is -0.508 e. The molecule has 2 N–H and O–H groups in total. The fourth-order valence-electron chi connectivity index (χ4n) is 2.12. The SMILES string of the molecule is CC(C)=CCC/C(C)=C/CC/C=C/C(=O)c1cc(O)ccc1O. The van der Waals surface area contributed by atoms with Crippen molar-refractivity contribution in [2.24, 2.45) is 0 Å². The molecular formula is C20H26O3. The third-order valence-corrected chi connectivity index (χ3v) is 3.43. The molecule has 0 aliphatic rings. The first-order valence-electron chi connectivity index (χ1n) is 7.92. The standard InChI is InChI=1S/C20H26O3/c1-15(2)8-7-10-16(3)9-5-4-6-11-19(22)18-14-17(21)12-13-20(18)23/h6,8-9,11-14,21,23H,4-5,7,10H2,1-3H3/b11-6+,16-9+. The molecule has 1 aromatic rings. The van der Waals surface area contributed by atoms with E-state index in [1.807, 2.05) is 0 Å². The zero-order valence-corrected chi connectivity index (χ0v) is 14.2. The molecule has 124 valence electrons. The van der Waals surface area contributed by atoms with E-state index in [1.54, 1.807) is 6.08 Å². The molecule has 3 heteroatoms. The summed E-state index contributed by atoms with van der Waals surface area (Å²) in [7, 11) is 0. The van der Waals surface area contributed by atoms with Gasteiger partial charge in [-0.1, -0.05) is 29.4 Å². The number of carbonyl (C=O) groups is 1. The Hall–Kier alpha value is -2.29. The van der Waals surface area contributed by atoms with Gasteiger partial charge in [-0.3, -0.25) is 4.79 Å². The quantitative estimate of drug-likeness (QED) is 0.225. The van der Waals surface area contributed by atoms with Crippen LogP contribution in [-0.2, 0) is 0 Å². The average Bonchev–Trinajstić information content (AvgIpc) is 2.48. The Morgan fingerprint density at radius 3 is 2.48 bits per heavy atom. The maximum absolute atomic E-state index is 11.9. The van der Waals surface area contributed by atoms with Crippen LogP contribution in [0.4, 0.5) is 0 Å². The number of benzene rings is 1. The lowest BCUT2D eigenvalue weighted by molar-refractivity contribution is 0.104. The molecule has 0 saturated heterocycles. The normalized spacial score (nSPS) is 11.7. The van der Waals surface area contributed by atoms with Crippen molar-refractivity contribution in [2.45, 2.75) is 46.5 Å². The molecule has 3 nitrogen and oxygen atoms in total. The van der Waals surface area contributed by atoms with E-state index in [1.165, 1.54) is 35.4 Å². The molecule has 0 aliphatic heterocycles. The number of ketones is 1. The van der Waals surface area contributed by atoms with Crippen molar-refractivity contribution in [1.82, 2.24) is 0 Å². The topological polar surface area (TPSA) is 57.5 Å². The highest BCUT2D eigenvalue weighted by Gasteiger charge is 2.08. The summed E-state index contributed by atoms with van der Waals surface area (Å²) in [5, 5.41) is 19.0. The van der Waals surface area contributed by atoms with Crippen molar-refractivity contribution in [3.63, 3.8) is 0 Å². The summed E-state index contributed by atoms with van der Waals surface area (Å²) in [5.41, 5.74) is 2.82. The molecule has 23 heavy (non-hydrogen) atoms. The molecule has 0 radical (unpaired) electrons. The first-order chi connectivity index (χ1) is 10.9. The zero-order valence-electron chi connectivity index (χ0n) is 14.2. The van der Waals surface area contributed by atoms with E-state index in [4.69, 9.17) is 0 Å². The van der Waals surface area contributed by atoms with Crippen molar-refractivity contribution in [2.75, 3.05) is 0 Å². The maximum atomic E-state index is 11.9. The van der Waals surface area contributed by atoms with Gasteiger partial charge in [-0.15, -0.1) is 0 Å². The molecular weight excluding hydrogens is 288 g/mol. The van der Waals surface area contributed by atoms with Crippen LogP contribution in [0.1, 0.15) is 56.8 Å². The minimum atomic E-state index is -0.303. The van der Waals surface area contributed by atoms with Crippen molar-refractivity contribution < 1.29 is 15.0 Å². The number of hydrogen-bond acceptors (Lipinski definition) is 3. The summed E-state index contributed by atoms with van der Waals surface area (Å²) in [6.07, 6.45) is 11.5. The van der Waals surface area contributed by atoms with E-state index in [2.05, 4.69) is 32.9 Å². The number of phenolic OH excluding ortho intramolecular Hbond substituents is 2. The lowest BCUT2D eigenvalue weighted by Crippen LogP contribution is -1.94. The molecule has 0 saturated carbocycles. The number of carbonyl (C=O) groups excluding carboxylic acids is 1. The summed E-state index contributed by atoms with van der Waals surface area (Å²) >= 11 is 0. The Labute approximate surface area is 138 Å². The average molecular weight is 314 g/mol. The zero-order chi connectivity index (χ0) is 17.2. The van der Waals surface area contributed by atoms with Gasteiger partial charge in [-0.2, -0.15) is 0 Å². The maximum Gasteiger partial charge on any atom is 0.189 e. The molecule has 0 unspecified atom stereocenters. The van der Waals surface area contributed by atoms with Crippen LogP contribution in [0.15, 0.2) is 53.6 Å². The van der Waals surface area contributed by atoms with Gasteiger partial charge in [0, 0.05) is 0 Å². The molecule has 0 aromatic heterocycles. The summed E-state index contributed by atoms with van der Waals surface area (Å²) < 4.78 is 0. The molecule has 0 heterocycles. The van der Waals surface area contributed by atoms with Crippen LogP contribution in [-0.4, -0.2) is 16.0 Å². The molecule has 1 rings (SSSR count). The third kappa shape index (κ3) is 7.50. The summed E-state index contributed by atoms with van der Waals surface area (Å²) in [6.45, 7) is 6.33. The van der Waals surface area contributed by atoms with E-state index in [9.17, 15) is 15.0 Å². The molecule has 0 amide bonds. The van der Waals surface area contributed by atoms with Crippen LogP contribution in [0.25, 0.3) is 0 Å². The van der Waals surface area contributed by atoms with Crippen LogP contribution in [0.2, 0.25) is 0 Å². The Morgan fingerprint density at radius 1 is 1.04 bits per heavy atom. The summed E-state index contributed by atoms with van der Waals surface area (Å²) in [4.78, 5) is 11.9. The van der Waals surface area contributed by atoms with Crippen LogP contribution < -0.4 is 0 Å². The van der Waals surface area contributed by atoms with E-state index in [0.717, 1.165) is 25.7 Å². The van der Waals surface area contributed by atoms with Gasteiger partial charge in [-0.05, 0) is 70.7 Å². The smallest absolute Gasteiger partial charge is 0.189 e. The highest BCUT2D eigenvalue weighted by Crippen LogP contribution is 2.22. The van der Waals surface area contributed by atoms with Gasteiger partial charge in [0.2, 0.25) is 0 Å². The number of rotatable bonds is 8. The van der Waals surface area contributed by atoms with Crippen LogP contribution >= 0.6 is 0 Å². The molecule has 0 atom stereocenters. The molecule has 0 spiro atoms. The second kappa shape index (κ2) is 9.67. The predicted molar refractivity (Wildman–Crippen MR) is 94.9 cm³/mol. The largest absolute Gasteiger partial charge is 0.508 e. The molecule has 0 fully saturated rings. The Balaban J connectivity index is 2.43. The third-order valence-electron chi connectivity index (χ3n) is 3.43. The van der Waals surface area contributed by atoms with E-state index < -0.39 is 0 Å². The van der Waals surface area contributed by atoms with Gasteiger partial charge >= 0.3 is 0 Å². The monoisotopic (exact) mass is 314 g/mol. The van der Waals surface area contributed by atoms with Gasteiger partial charge < -0.3 is 10.2 Å². The van der Waals surface area contributed by atoms with Crippen molar-refractivity contribution in [3.05, 3.63) is 59.2 Å². The molecule has 0 aliphatic carbocycles. The van der Waals surface area contributed by atoms with E-state index in [0.29, 0.717) is 0 Å².